The van der Waals surface area contributed by atoms with E-state index in [4.69, 9.17) is 4.74 Å². The summed E-state index contributed by atoms with van der Waals surface area (Å²) < 4.78 is 8.76. The Bertz CT molecular complexity index is 689. The zero-order valence-corrected chi connectivity index (χ0v) is 14.6. The molecule has 1 unspecified atom stereocenters. The summed E-state index contributed by atoms with van der Waals surface area (Å²) in [5.41, 5.74) is 2.17. The van der Waals surface area contributed by atoms with Crippen LogP contribution in [0.3, 0.4) is 0 Å². The molecule has 0 saturated carbocycles. The van der Waals surface area contributed by atoms with Crippen LogP contribution in [0.4, 0.5) is 0 Å². The lowest BCUT2D eigenvalue weighted by molar-refractivity contribution is -0.131. The molecule has 0 aliphatic carbocycles. The third-order valence-corrected chi connectivity index (χ3v) is 5.38. The molecule has 1 saturated heterocycles. The molecule has 0 N–H and O–H groups in total. The molecule has 1 aromatic carbocycles. The van der Waals surface area contributed by atoms with Crippen LogP contribution in [0.25, 0.3) is 10.9 Å². The van der Waals surface area contributed by atoms with Crippen molar-refractivity contribution in [1.82, 2.24) is 9.47 Å². The molecule has 2 heterocycles. The summed E-state index contributed by atoms with van der Waals surface area (Å²) in [7, 11) is 1.86. The number of carbonyl (C=O) groups is 1. The van der Waals surface area contributed by atoms with Crippen LogP contribution in [0, 0.1) is 6.92 Å². The highest BCUT2D eigenvalue weighted by Gasteiger charge is 2.21. The van der Waals surface area contributed by atoms with E-state index in [-0.39, 0.29) is 12.0 Å². The summed E-state index contributed by atoms with van der Waals surface area (Å²) >= 11 is 3.63. The van der Waals surface area contributed by atoms with Gasteiger partial charge in [0.25, 0.3) is 0 Å². The molecule has 0 radical (unpaired) electrons. The summed E-state index contributed by atoms with van der Waals surface area (Å²) in [6.07, 6.45) is 2.35. The van der Waals surface area contributed by atoms with E-state index in [2.05, 4.69) is 32.6 Å². The van der Waals surface area contributed by atoms with Crippen molar-refractivity contribution in [2.45, 2.75) is 32.4 Å². The van der Waals surface area contributed by atoms with Gasteiger partial charge in [0.15, 0.2) is 0 Å². The molecule has 2 aromatic rings. The third-order valence-electron chi connectivity index (χ3n) is 4.37. The Morgan fingerprint density at radius 1 is 1.45 bits per heavy atom. The quantitative estimate of drug-likeness (QED) is 0.833. The fourth-order valence-electron chi connectivity index (χ4n) is 3.04. The molecular formula is C17H21BrN2O2. The second-order valence-corrected chi connectivity index (χ2v) is 6.70. The number of fused-ring (bicyclic) bond motifs is 1. The van der Waals surface area contributed by atoms with Crippen LogP contribution in [0.15, 0.2) is 28.7 Å². The highest BCUT2D eigenvalue weighted by Crippen LogP contribution is 2.30. The van der Waals surface area contributed by atoms with Crippen LogP contribution in [-0.4, -0.2) is 41.7 Å². The molecule has 0 bridgehead atoms. The molecule has 1 aliphatic rings. The van der Waals surface area contributed by atoms with Gasteiger partial charge in [-0.2, -0.15) is 0 Å². The van der Waals surface area contributed by atoms with Crippen LogP contribution in [0.5, 0.6) is 0 Å². The molecular weight excluding hydrogens is 344 g/mol. The monoisotopic (exact) mass is 364 g/mol. The maximum atomic E-state index is 12.5. The van der Waals surface area contributed by atoms with E-state index in [1.165, 1.54) is 0 Å². The summed E-state index contributed by atoms with van der Waals surface area (Å²) in [6, 6.07) is 8.15. The smallest absolute Gasteiger partial charge is 0.242 e. The van der Waals surface area contributed by atoms with Gasteiger partial charge >= 0.3 is 0 Å². The van der Waals surface area contributed by atoms with Crippen LogP contribution >= 0.6 is 15.9 Å². The minimum atomic E-state index is 0.117. The van der Waals surface area contributed by atoms with Gasteiger partial charge in [-0.25, -0.2) is 0 Å². The van der Waals surface area contributed by atoms with Crippen molar-refractivity contribution < 1.29 is 9.53 Å². The Balaban J connectivity index is 1.77. The Hall–Kier alpha value is -1.33. The van der Waals surface area contributed by atoms with E-state index in [0.717, 1.165) is 40.5 Å². The van der Waals surface area contributed by atoms with Crippen LogP contribution in [-0.2, 0) is 16.1 Å². The summed E-state index contributed by atoms with van der Waals surface area (Å²) in [6.45, 7) is 3.90. The minimum Gasteiger partial charge on any atom is -0.376 e. The maximum absolute atomic E-state index is 12.5. The zero-order valence-electron chi connectivity index (χ0n) is 13.0. The zero-order chi connectivity index (χ0) is 15.7. The van der Waals surface area contributed by atoms with Gasteiger partial charge in [-0.1, -0.05) is 18.2 Å². The highest BCUT2D eigenvalue weighted by molar-refractivity contribution is 9.10. The molecule has 1 amide bonds. The Morgan fingerprint density at radius 3 is 2.95 bits per heavy atom. The molecule has 3 rings (SSSR count). The Labute approximate surface area is 139 Å². The number of benzene rings is 1. The summed E-state index contributed by atoms with van der Waals surface area (Å²) in [5, 5.41) is 1.15. The molecule has 22 heavy (non-hydrogen) atoms. The Morgan fingerprint density at radius 2 is 2.23 bits per heavy atom. The van der Waals surface area contributed by atoms with Crippen molar-refractivity contribution in [3.05, 3.63) is 34.4 Å². The van der Waals surface area contributed by atoms with E-state index in [1.54, 1.807) is 4.90 Å². The molecule has 118 valence electrons. The minimum absolute atomic E-state index is 0.117. The molecule has 1 fully saturated rings. The predicted molar refractivity (Wildman–Crippen MR) is 91.0 cm³/mol. The number of likely N-dealkylation sites (N-methyl/N-ethyl adjacent to an activating group) is 1. The van der Waals surface area contributed by atoms with Gasteiger partial charge in [0.05, 0.1) is 6.10 Å². The normalized spacial score (nSPS) is 18.0. The largest absolute Gasteiger partial charge is 0.376 e. The van der Waals surface area contributed by atoms with Crippen molar-refractivity contribution in [2.75, 3.05) is 20.2 Å². The molecule has 0 spiro atoms. The second-order valence-electron chi connectivity index (χ2n) is 5.91. The van der Waals surface area contributed by atoms with Crippen LogP contribution < -0.4 is 0 Å². The van der Waals surface area contributed by atoms with Crippen molar-refractivity contribution in [1.29, 1.82) is 0 Å². The van der Waals surface area contributed by atoms with Crippen molar-refractivity contribution in [3.8, 4) is 0 Å². The SMILES string of the molecule is Cc1c(Br)c2ccccc2n1CC(=O)N(C)CC1CCCO1. The predicted octanol–water partition coefficient (Wildman–Crippen LogP) is 3.35. The first-order valence-electron chi connectivity index (χ1n) is 7.67. The summed E-state index contributed by atoms with van der Waals surface area (Å²) in [4.78, 5) is 14.3. The van der Waals surface area contributed by atoms with E-state index in [0.29, 0.717) is 13.1 Å². The number of para-hydroxylation sites is 1. The first-order chi connectivity index (χ1) is 10.6. The highest BCUT2D eigenvalue weighted by atomic mass is 79.9. The molecule has 1 atom stereocenters. The topological polar surface area (TPSA) is 34.5 Å². The van der Waals surface area contributed by atoms with E-state index < -0.39 is 0 Å². The van der Waals surface area contributed by atoms with Gasteiger partial charge in [-0.05, 0) is 41.8 Å². The van der Waals surface area contributed by atoms with E-state index in [1.807, 2.05) is 26.1 Å². The van der Waals surface area contributed by atoms with Gasteiger partial charge < -0.3 is 14.2 Å². The number of rotatable bonds is 4. The lowest BCUT2D eigenvalue weighted by Gasteiger charge is -2.21. The number of nitrogens with zero attached hydrogens (tertiary/aromatic N) is 2. The first kappa shape index (κ1) is 15.6. The van der Waals surface area contributed by atoms with Gasteiger partial charge in [0, 0.05) is 41.3 Å². The standard InChI is InChI=1S/C17H21BrN2O2/c1-12-17(18)14-7-3-4-8-15(14)20(12)11-16(21)19(2)10-13-6-5-9-22-13/h3-4,7-8,13H,5-6,9-11H2,1-2H3. The maximum Gasteiger partial charge on any atom is 0.242 e. The van der Waals surface area contributed by atoms with Gasteiger partial charge in [0.1, 0.15) is 6.54 Å². The number of ether oxygens (including phenoxy) is 1. The fourth-order valence-corrected chi connectivity index (χ4v) is 3.59. The van der Waals surface area contributed by atoms with Crippen molar-refractivity contribution in [2.24, 2.45) is 0 Å². The van der Waals surface area contributed by atoms with Crippen LogP contribution in [0.1, 0.15) is 18.5 Å². The first-order valence-corrected chi connectivity index (χ1v) is 8.46. The number of carbonyl (C=O) groups excluding carboxylic acids is 1. The lowest BCUT2D eigenvalue weighted by atomic mass is 10.2. The molecule has 1 aliphatic heterocycles. The summed E-state index contributed by atoms with van der Waals surface area (Å²) in [5.74, 6) is 0.117. The molecule has 4 nitrogen and oxygen atoms in total. The number of amides is 1. The molecule has 1 aromatic heterocycles. The number of hydrogen-bond donors (Lipinski definition) is 0. The van der Waals surface area contributed by atoms with Crippen molar-refractivity contribution >= 4 is 32.7 Å². The van der Waals surface area contributed by atoms with Crippen molar-refractivity contribution in [3.63, 3.8) is 0 Å². The number of hydrogen-bond acceptors (Lipinski definition) is 2. The molecule has 5 heteroatoms. The second kappa shape index (κ2) is 6.42. The van der Waals surface area contributed by atoms with Crippen LogP contribution in [0.2, 0.25) is 0 Å². The van der Waals surface area contributed by atoms with E-state index >= 15 is 0 Å². The average Bonchev–Trinajstić information content (AvgIpc) is 3.10. The lowest BCUT2D eigenvalue weighted by Crippen LogP contribution is -2.36. The van der Waals surface area contributed by atoms with Gasteiger partial charge in [-0.15, -0.1) is 0 Å². The third kappa shape index (κ3) is 2.92. The van der Waals surface area contributed by atoms with Gasteiger partial charge in [-0.3, -0.25) is 4.79 Å². The fraction of sp³-hybridized carbons (Fsp3) is 0.471. The van der Waals surface area contributed by atoms with E-state index in [9.17, 15) is 4.79 Å². The average molecular weight is 365 g/mol. The number of halogens is 1. The Kier molecular flexibility index (Phi) is 4.54. The number of aromatic nitrogens is 1. The van der Waals surface area contributed by atoms with Gasteiger partial charge in [0.2, 0.25) is 5.91 Å².